The number of nitrogens with zero attached hydrogens (tertiary/aromatic N) is 2. The molecular formula is C21H25N3O4. The predicted octanol–water partition coefficient (Wildman–Crippen LogP) is 1.80. The smallest absolute Gasteiger partial charge is 0.255 e. The van der Waals surface area contributed by atoms with Crippen LogP contribution in [0.1, 0.15) is 31.0 Å². The summed E-state index contributed by atoms with van der Waals surface area (Å²) in [7, 11) is 1.65. The second-order valence-electron chi connectivity index (χ2n) is 8.08. The van der Waals surface area contributed by atoms with Gasteiger partial charge in [-0.15, -0.1) is 0 Å². The number of rotatable bonds is 3. The number of benzene rings is 1. The molecule has 0 saturated carbocycles. The molecule has 1 aromatic carbocycles. The number of fused-ring (bicyclic) bond motifs is 5. The minimum absolute atomic E-state index is 0.00184. The number of hydrogen-bond donors (Lipinski definition) is 1. The largest absolute Gasteiger partial charge is 0.497 e. The molecule has 28 heavy (non-hydrogen) atoms. The number of carbonyl (C=O) groups is 2. The van der Waals surface area contributed by atoms with Crippen molar-refractivity contribution >= 4 is 22.7 Å². The van der Waals surface area contributed by atoms with Crippen LogP contribution in [-0.4, -0.2) is 66.1 Å². The molecule has 3 aliphatic heterocycles. The number of methoxy groups -OCH3 is 1. The van der Waals surface area contributed by atoms with Crippen molar-refractivity contribution < 1.29 is 19.1 Å². The molecule has 2 fully saturated rings. The van der Waals surface area contributed by atoms with Crippen molar-refractivity contribution in [1.29, 1.82) is 0 Å². The van der Waals surface area contributed by atoms with Gasteiger partial charge in [0.15, 0.2) is 5.54 Å². The van der Waals surface area contributed by atoms with Gasteiger partial charge in [0, 0.05) is 30.6 Å². The maximum Gasteiger partial charge on any atom is 0.255 e. The van der Waals surface area contributed by atoms with Gasteiger partial charge in [-0.25, -0.2) is 0 Å². The minimum atomic E-state index is -1.01. The van der Waals surface area contributed by atoms with E-state index in [1.807, 2.05) is 25.1 Å². The standard InChI is InChI=1S/C21H25N3O4/c1-21-19-15(16-10-13(27-2)5-6-17(16)22-19)7-8-24(21)18(25)12-23(20(21)26)11-14-4-3-9-28-14/h5-6,10,14,22H,3-4,7-9,11-12H2,1-2H3/t14-,21-/m1/s1. The molecule has 1 N–H and O–H groups in total. The van der Waals surface area contributed by atoms with E-state index < -0.39 is 5.54 Å². The van der Waals surface area contributed by atoms with Crippen molar-refractivity contribution in [3.63, 3.8) is 0 Å². The average Bonchev–Trinajstić information content (AvgIpc) is 3.33. The van der Waals surface area contributed by atoms with E-state index in [2.05, 4.69) is 4.98 Å². The first kappa shape index (κ1) is 17.6. The molecule has 0 spiro atoms. The van der Waals surface area contributed by atoms with E-state index in [1.54, 1.807) is 16.9 Å². The third kappa shape index (κ3) is 2.38. The molecule has 2 aromatic rings. The van der Waals surface area contributed by atoms with Crippen LogP contribution in [-0.2, 0) is 26.3 Å². The molecule has 2 saturated heterocycles. The molecular weight excluding hydrogens is 358 g/mol. The highest BCUT2D eigenvalue weighted by molar-refractivity contribution is 6.00. The summed E-state index contributed by atoms with van der Waals surface area (Å²) in [4.78, 5) is 33.4. The maximum atomic E-state index is 13.6. The van der Waals surface area contributed by atoms with Gasteiger partial charge in [0.25, 0.3) is 5.91 Å². The van der Waals surface area contributed by atoms with Crippen molar-refractivity contribution in [3.8, 4) is 5.75 Å². The van der Waals surface area contributed by atoms with Crippen molar-refractivity contribution in [3.05, 3.63) is 29.5 Å². The zero-order valence-corrected chi connectivity index (χ0v) is 16.3. The van der Waals surface area contributed by atoms with Gasteiger partial charge in [-0.3, -0.25) is 9.59 Å². The summed E-state index contributed by atoms with van der Waals surface area (Å²) in [5.74, 6) is 0.761. The van der Waals surface area contributed by atoms with Gasteiger partial charge in [-0.1, -0.05) is 0 Å². The molecule has 2 atom stereocenters. The predicted molar refractivity (Wildman–Crippen MR) is 103 cm³/mol. The van der Waals surface area contributed by atoms with Gasteiger partial charge in [0.05, 0.1) is 25.5 Å². The molecule has 1 aromatic heterocycles. The zero-order chi connectivity index (χ0) is 19.5. The first-order valence-electron chi connectivity index (χ1n) is 9.93. The number of aromatic amines is 1. The third-order valence-corrected chi connectivity index (χ3v) is 6.50. The fraction of sp³-hybridized carbons (Fsp3) is 0.524. The van der Waals surface area contributed by atoms with Crippen LogP contribution in [0.5, 0.6) is 5.75 Å². The lowest BCUT2D eigenvalue weighted by Gasteiger charge is -2.49. The molecule has 5 rings (SSSR count). The highest BCUT2D eigenvalue weighted by Gasteiger charge is 2.54. The van der Waals surface area contributed by atoms with E-state index in [1.165, 1.54) is 0 Å². The first-order valence-corrected chi connectivity index (χ1v) is 9.93. The Hall–Kier alpha value is -2.54. The van der Waals surface area contributed by atoms with Crippen LogP contribution >= 0.6 is 0 Å². The molecule has 0 unspecified atom stereocenters. The lowest BCUT2D eigenvalue weighted by molar-refractivity contribution is -0.167. The Kier molecular flexibility index (Phi) is 3.91. The fourth-order valence-corrected chi connectivity index (χ4v) is 5.02. The van der Waals surface area contributed by atoms with Crippen molar-refractivity contribution in [2.24, 2.45) is 0 Å². The lowest BCUT2D eigenvalue weighted by Crippen LogP contribution is -2.67. The van der Waals surface area contributed by atoms with Gasteiger partial charge >= 0.3 is 0 Å². The normalized spacial score (nSPS) is 27.3. The Bertz CT molecular complexity index is 962. The summed E-state index contributed by atoms with van der Waals surface area (Å²) in [6.07, 6.45) is 2.71. The summed E-state index contributed by atoms with van der Waals surface area (Å²) in [5, 5.41) is 1.06. The first-order chi connectivity index (χ1) is 13.5. The summed E-state index contributed by atoms with van der Waals surface area (Å²) in [6, 6.07) is 5.88. The molecule has 0 radical (unpaired) electrons. The minimum Gasteiger partial charge on any atom is -0.497 e. The van der Waals surface area contributed by atoms with Gasteiger partial charge in [-0.2, -0.15) is 0 Å². The van der Waals surface area contributed by atoms with E-state index >= 15 is 0 Å². The number of nitrogens with one attached hydrogen (secondary N) is 1. The summed E-state index contributed by atoms with van der Waals surface area (Å²) in [6.45, 7) is 3.78. The summed E-state index contributed by atoms with van der Waals surface area (Å²) >= 11 is 0. The quantitative estimate of drug-likeness (QED) is 0.877. The number of amides is 2. The van der Waals surface area contributed by atoms with Crippen LogP contribution in [0.2, 0.25) is 0 Å². The molecule has 7 nitrogen and oxygen atoms in total. The number of carbonyl (C=O) groups excluding carboxylic acids is 2. The topological polar surface area (TPSA) is 74.9 Å². The monoisotopic (exact) mass is 383 g/mol. The van der Waals surface area contributed by atoms with E-state index in [0.29, 0.717) is 13.1 Å². The Morgan fingerprint density at radius 3 is 2.96 bits per heavy atom. The van der Waals surface area contributed by atoms with E-state index in [0.717, 1.165) is 53.8 Å². The van der Waals surface area contributed by atoms with Gasteiger partial charge in [0.1, 0.15) is 5.75 Å². The molecule has 0 bridgehead atoms. The molecule has 4 heterocycles. The fourth-order valence-electron chi connectivity index (χ4n) is 5.02. The average molecular weight is 383 g/mol. The van der Waals surface area contributed by atoms with Crippen LogP contribution in [0.3, 0.4) is 0 Å². The van der Waals surface area contributed by atoms with E-state index in [9.17, 15) is 9.59 Å². The van der Waals surface area contributed by atoms with E-state index in [-0.39, 0.29) is 24.5 Å². The van der Waals surface area contributed by atoms with Crippen molar-refractivity contribution in [2.75, 3.05) is 33.4 Å². The van der Waals surface area contributed by atoms with Gasteiger partial charge < -0.3 is 24.3 Å². The highest BCUT2D eigenvalue weighted by Crippen LogP contribution is 2.42. The summed E-state index contributed by atoms with van der Waals surface area (Å²) in [5.41, 5.74) is 1.89. The maximum absolute atomic E-state index is 13.6. The number of aromatic nitrogens is 1. The van der Waals surface area contributed by atoms with Crippen molar-refractivity contribution in [2.45, 2.75) is 37.8 Å². The number of ether oxygens (including phenoxy) is 2. The Labute approximate surface area is 163 Å². The molecule has 7 heteroatoms. The van der Waals surface area contributed by atoms with Crippen LogP contribution in [0.25, 0.3) is 10.9 Å². The van der Waals surface area contributed by atoms with Crippen LogP contribution in [0, 0.1) is 0 Å². The Balaban J connectivity index is 1.58. The van der Waals surface area contributed by atoms with Gasteiger partial charge in [0.2, 0.25) is 5.91 Å². The second kappa shape index (κ2) is 6.24. The SMILES string of the molecule is COc1ccc2[nH]c3c(c2c1)CCN1C(=O)CN(C[C@H]2CCCO2)C(=O)[C@@]31C. The molecule has 0 aliphatic carbocycles. The summed E-state index contributed by atoms with van der Waals surface area (Å²) < 4.78 is 11.1. The zero-order valence-electron chi connectivity index (χ0n) is 16.3. The van der Waals surface area contributed by atoms with Gasteiger partial charge in [-0.05, 0) is 49.9 Å². The third-order valence-electron chi connectivity index (χ3n) is 6.50. The molecule has 2 amide bonds. The molecule has 3 aliphatic rings. The van der Waals surface area contributed by atoms with Crippen molar-refractivity contribution in [1.82, 2.24) is 14.8 Å². The molecule has 148 valence electrons. The van der Waals surface area contributed by atoms with Crippen LogP contribution in [0.15, 0.2) is 18.2 Å². The lowest BCUT2D eigenvalue weighted by atomic mass is 9.83. The van der Waals surface area contributed by atoms with Crippen LogP contribution in [0.4, 0.5) is 0 Å². The van der Waals surface area contributed by atoms with E-state index in [4.69, 9.17) is 9.47 Å². The highest BCUT2D eigenvalue weighted by atomic mass is 16.5. The Morgan fingerprint density at radius 2 is 2.21 bits per heavy atom. The van der Waals surface area contributed by atoms with Crippen LogP contribution < -0.4 is 4.74 Å². The number of piperazine rings is 1. The Morgan fingerprint density at radius 1 is 1.36 bits per heavy atom. The number of hydrogen-bond acceptors (Lipinski definition) is 4. The number of H-pyrrole nitrogens is 1. The second-order valence-corrected chi connectivity index (χ2v) is 8.08.